The molecule has 7 nitrogen and oxygen atoms in total. The molecule has 1 fully saturated rings. The quantitative estimate of drug-likeness (QED) is 0.864. The molecule has 0 bridgehead atoms. The molecular weight excluding hydrogens is 356 g/mol. The number of rotatable bonds is 5. The number of furan rings is 1. The van der Waals surface area contributed by atoms with Gasteiger partial charge in [0.25, 0.3) is 5.91 Å². The molecule has 0 spiro atoms. The summed E-state index contributed by atoms with van der Waals surface area (Å²) in [5, 5.41) is 2.67. The van der Waals surface area contributed by atoms with Crippen molar-refractivity contribution < 1.29 is 22.4 Å². The van der Waals surface area contributed by atoms with Gasteiger partial charge in [-0.25, -0.2) is 8.42 Å². The van der Waals surface area contributed by atoms with Gasteiger partial charge in [0.05, 0.1) is 7.11 Å². The average molecular weight is 378 g/mol. The Morgan fingerprint density at radius 1 is 1.15 bits per heavy atom. The second-order valence-electron chi connectivity index (χ2n) is 6.19. The van der Waals surface area contributed by atoms with Crippen LogP contribution in [0.25, 0.3) is 0 Å². The summed E-state index contributed by atoms with van der Waals surface area (Å²) in [5.74, 6) is 0.601. The number of methoxy groups -OCH3 is 1. The number of nitrogens with zero attached hydrogens (tertiary/aromatic N) is 1. The van der Waals surface area contributed by atoms with Crippen LogP contribution < -0.4 is 10.1 Å². The first-order valence-electron chi connectivity index (χ1n) is 8.48. The third-order valence-corrected chi connectivity index (χ3v) is 6.24. The van der Waals surface area contributed by atoms with Crippen molar-refractivity contribution in [2.75, 3.05) is 25.5 Å². The Morgan fingerprint density at radius 3 is 2.50 bits per heavy atom. The van der Waals surface area contributed by atoms with E-state index in [2.05, 4.69) is 5.32 Å². The third kappa shape index (κ3) is 3.76. The van der Waals surface area contributed by atoms with Crippen molar-refractivity contribution in [2.24, 2.45) is 0 Å². The summed E-state index contributed by atoms with van der Waals surface area (Å²) in [6.07, 6.45) is 2.72. The molecule has 2 aromatic rings. The number of piperidine rings is 1. The lowest BCUT2D eigenvalue weighted by atomic mass is 10.2. The standard InChI is InChI=1S/C18H22N2O5S/c1-13-6-8-16(25-13)18(21)19-14-7-9-15(24-2)17(12-14)26(22,23)20-10-4-3-5-11-20/h6-9,12H,3-5,10-11H2,1-2H3,(H,19,21). The highest BCUT2D eigenvalue weighted by molar-refractivity contribution is 7.89. The molecule has 1 N–H and O–H groups in total. The minimum atomic E-state index is -3.69. The zero-order valence-corrected chi connectivity index (χ0v) is 15.6. The molecule has 0 atom stereocenters. The van der Waals surface area contributed by atoms with Crippen LogP contribution in [0.1, 0.15) is 35.6 Å². The predicted octanol–water partition coefficient (Wildman–Crippen LogP) is 3.02. The first-order chi connectivity index (χ1) is 12.4. The van der Waals surface area contributed by atoms with E-state index in [-0.39, 0.29) is 16.4 Å². The van der Waals surface area contributed by atoms with Crippen LogP contribution >= 0.6 is 0 Å². The van der Waals surface area contributed by atoms with Crippen LogP contribution in [0.15, 0.2) is 39.6 Å². The molecular formula is C18H22N2O5S. The molecule has 1 saturated heterocycles. The smallest absolute Gasteiger partial charge is 0.291 e. The zero-order valence-electron chi connectivity index (χ0n) is 14.8. The van der Waals surface area contributed by atoms with Gasteiger partial charge in [-0.05, 0) is 50.1 Å². The fourth-order valence-electron chi connectivity index (χ4n) is 2.95. The van der Waals surface area contributed by atoms with E-state index in [1.165, 1.54) is 17.5 Å². The van der Waals surface area contributed by atoms with Crippen molar-refractivity contribution in [3.63, 3.8) is 0 Å². The van der Waals surface area contributed by atoms with Crippen LogP contribution in [-0.2, 0) is 10.0 Å². The molecule has 1 aliphatic rings. The number of hydrogen-bond acceptors (Lipinski definition) is 5. The van der Waals surface area contributed by atoms with Crippen LogP contribution in [0.5, 0.6) is 5.75 Å². The fourth-order valence-corrected chi connectivity index (χ4v) is 4.65. The van der Waals surface area contributed by atoms with E-state index in [0.717, 1.165) is 19.3 Å². The minimum Gasteiger partial charge on any atom is -0.495 e. The van der Waals surface area contributed by atoms with Gasteiger partial charge in [0, 0.05) is 18.8 Å². The second-order valence-corrected chi connectivity index (χ2v) is 8.10. The zero-order chi connectivity index (χ0) is 18.7. The maximum absolute atomic E-state index is 13.0. The van der Waals surface area contributed by atoms with E-state index in [4.69, 9.17) is 9.15 Å². The molecule has 8 heteroatoms. The minimum absolute atomic E-state index is 0.0512. The van der Waals surface area contributed by atoms with E-state index in [0.29, 0.717) is 24.5 Å². The Morgan fingerprint density at radius 2 is 1.88 bits per heavy atom. The van der Waals surface area contributed by atoms with Gasteiger partial charge in [-0.3, -0.25) is 4.79 Å². The van der Waals surface area contributed by atoms with E-state index in [1.54, 1.807) is 31.2 Å². The Bertz CT molecular complexity index is 898. The molecule has 1 aliphatic heterocycles. The van der Waals surface area contributed by atoms with E-state index in [9.17, 15) is 13.2 Å². The molecule has 0 unspecified atom stereocenters. The lowest BCUT2D eigenvalue weighted by Crippen LogP contribution is -2.35. The number of nitrogens with one attached hydrogen (secondary N) is 1. The van der Waals surface area contributed by atoms with Crippen LogP contribution in [0.3, 0.4) is 0 Å². The largest absolute Gasteiger partial charge is 0.495 e. The Hall–Kier alpha value is -2.32. The summed E-state index contributed by atoms with van der Waals surface area (Å²) < 4.78 is 38.0. The van der Waals surface area contributed by atoms with Crippen LogP contribution in [0.4, 0.5) is 5.69 Å². The maximum Gasteiger partial charge on any atom is 0.291 e. The third-order valence-electron chi connectivity index (χ3n) is 4.32. The monoisotopic (exact) mass is 378 g/mol. The number of carbonyl (C=O) groups excluding carboxylic acids is 1. The number of carbonyl (C=O) groups is 1. The number of benzene rings is 1. The van der Waals surface area contributed by atoms with Gasteiger partial charge in [0.2, 0.25) is 10.0 Å². The van der Waals surface area contributed by atoms with Gasteiger partial charge in [-0.2, -0.15) is 4.31 Å². The molecule has 2 heterocycles. The van der Waals surface area contributed by atoms with Crippen molar-refractivity contribution in [1.82, 2.24) is 4.31 Å². The summed E-state index contributed by atoms with van der Waals surface area (Å²) in [7, 11) is -2.26. The maximum atomic E-state index is 13.0. The van der Waals surface area contributed by atoms with Gasteiger partial charge in [0.15, 0.2) is 5.76 Å². The molecule has 140 valence electrons. The topological polar surface area (TPSA) is 88.8 Å². The molecule has 1 amide bonds. The number of sulfonamides is 1. The number of ether oxygens (including phenoxy) is 1. The van der Waals surface area contributed by atoms with Crippen molar-refractivity contribution in [1.29, 1.82) is 0 Å². The van der Waals surface area contributed by atoms with E-state index in [1.807, 2.05) is 0 Å². The van der Waals surface area contributed by atoms with Gasteiger partial charge in [-0.15, -0.1) is 0 Å². The molecule has 1 aromatic carbocycles. The average Bonchev–Trinajstić information content (AvgIpc) is 3.09. The summed E-state index contributed by atoms with van der Waals surface area (Å²) >= 11 is 0. The lowest BCUT2D eigenvalue weighted by molar-refractivity contribution is 0.0995. The fraction of sp³-hybridized carbons (Fsp3) is 0.389. The van der Waals surface area contributed by atoms with Crippen LogP contribution in [0.2, 0.25) is 0 Å². The highest BCUT2D eigenvalue weighted by Gasteiger charge is 2.29. The number of hydrogen-bond donors (Lipinski definition) is 1. The Balaban J connectivity index is 1.90. The van der Waals surface area contributed by atoms with Crippen molar-refractivity contribution in [2.45, 2.75) is 31.1 Å². The first-order valence-corrected chi connectivity index (χ1v) is 9.92. The Kier molecular flexibility index (Phi) is 5.33. The highest BCUT2D eigenvalue weighted by Crippen LogP contribution is 2.31. The van der Waals surface area contributed by atoms with Crippen molar-refractivity contribution >= 4 is 21.6 Å². The normalized spacial score (nSPS) is 15.6. The number of anilines is 1. The SMILES string of the molecule is COc1ccc(NC(=O)c2ccc(C)o2)cc1S(=O)(=O)N1CCCCC1. The summed E-state index contributed by atoms with van der Waals surface area (Å²) in [6, 6.07) is 7.83. The summed E-state index contributed by atoms with van der Waals surface area (Å²) in [4.78, 5) is 12.3. The van der Waals surface area contributed by atoms with Crippen molar-refractivity contribution in [3.05, 3.63) is 41.9 Å². The Labute approximate surface area is 153 Å². The number of amides is 1. The van der Waals surface area contributed by atoms with Crippen LogP contribution in [0, 0.1) is 6.92 Å². The molecule has 3 rings (SSSR count). The molecule has 0 radical (unpaired) electrons. The summed E-state index contributed by atoms with van der Waals surface area (Å²) in [6.45, 7) is 2.73. The van der Waals surface area contributed by atoms with Gasteiger partial charge < -0.3 is 14.5 Å². The molecule has 1 aromatic heterocycles. The van der Waals surface area contributed by atoms with E-state index >= 15 is 0 Å². The lowest BCUT2D eigenvalue weighted by Gasteiger charge is -2.26. The first kappa shape index (κ1) is 18.5. The second kappa shape index (κ2) is 7.51. The summed E-state index contributed by atoms with van der Waals surface area (Å²) in [5.41, 5.74) is 0.362. The van der Waals surface area contributed by atoms with Gasteiger partial charge >= 0.3 is 0 Å². The number of aryl methyl sites for hydroxylation is 1. The van der Waals surface area contributed by atoms with Crippen molar-refractivity contribution in [3.8, 4) is 5.75 Å². The molecule has 0 aliphatic carbocycles. The molecule has 0 saturated carbocycles. The van der Waals surface area contributed by atoms with Gasteiger partial charge in [0.1, 0.15) is 16.4 Å². The van der Waals surface area contributed by atoms with E-state index < -0.39 is 15.9 Å². The molecule has 26 heavy (non-hydrogen) atoms. The highest BCUT2D eigenvalue weighted by atomic mass is 32.2. The van der Waals surface area contributed by atoms with Gasteiger partial charge in [-0.1, -0.05) is 6.42 Å². The predicted molar refractivity (Wildman–Crippen MR) is 97.0 cm³/mol. The van der Waals surface area contributed by atoms with Crippen LogP contribution in [-0.4, -0.2) is 38.8 Å².